The van der Waals surface area contributed by atoms with E-state index in [0.717, 1.165) is 25.1 Å². The van der Waals surface area contributed by atoms with Crippen LogP contribution in [0.1, 0.15) is 37.0 Å². The second-order valence-electron chi connectivity index (χ2n) is 5.30. The molecule has 0 radical (unpaired) electrons. The van der Waals surface area contributed by atoms with Crippen molar-refractivity contribution >= 4 is 11.6 Å². The lowest BCUT2D eigenvalue weighted by atomic mass is 10.0. The van der Waals surface area contributed by atoms with Crippen LogP contribution >= 0.6 is 0 Å². The zero-order valence-corrected chi connectivity index (χ0v) is 12.1. The summed E-state index contributed by atoms with van der Waals surface area (Å²) >= 11 is 0. The van der Waals surface area contributed by atoms with Gasteiger partial charge in [-0.25, -0.2) is 4.39 Å². The summed E-state index contributed by atoms with van der Waals surface area (Å²) in [7, 11) is 1.62. The van der Waals surface area contributed by atoms with E-state index in [9.17, 15) is 14.3 Å². The maximum absolute atomic E-state index is 13.7. The van der Waals surface area contributed by atoms with Crippen molar-refractivity contribution in [1.82, 2.24) is 5.32 Å². The number of nitrogens with zero attached hydrogens (tertiary/aromatic N) is 1. The van der Waals surface area contributed by atoms with Crippen molar-refractivity contribution in [3.05, 3.63) is 29.1 Å². The number of aliphatic hydroxyl groups excluding tert-OH is 1. The lowest BCUT2D eigenvalue weighted by Crippen LogP contribution is -2.42. The SMILES string of the molecule is CNC(=O)C1CCCN1c1cc(C)c(F)cc1C(C)O. The first kappa shape index (κ1) is 14.8. The first-order valence-corrected chi connectivity index (χ1v) is 6.92. The lowest BCUT2D eigenvalue weighted by Gasteiger charge is -2.29. The average Bonchev–Trinajstić information content (AvgIpc) is 2.89. The first-order valence-electron chi connectivity index (χ1n) is 6.92. The molecule has 0 aliphatic carbocycles. The topological polar surface area (TPSA) is 52.6 Å². The Kier molecular flexibility index (Phi) is 4.28. The van der Waals surface area contributed by atoms with E-state index in [1.54, 1.807) is 27.0 Å². The molecule has 2 unspecified atom stereocenters. The number of rotatable bonds is 3. The molecule has 0 aromatic heterocycles. The molecule has 1 aromatic rings. The van der Waals surface area contributed by atoms with Gasteiger partial charge in [-0.2, -0.15) is 0 Å². The molecule has 4 nitrogen and oxygen atoms in total. The Morgan fingerprint density at radius 1 is 1.55 bits per heavy atom. The van der Waals surface area contributed by atoms with Gasteiger partial charge < -0.3 is 15.3 Å². The smallest absolute Gasteiger partial charge is 0.242 e. The van der Waals surface area contributed by atoms with Crippen molar-refractivity contribution in [2.24, 2.45) is 0 Å². The number of halogens is 1. The average molecular weight is 280 g/mol. The second-order valence-corrected chi connectivity index (χ2v) is 5.30. The maximum Gasteiger partial charge on any atom is 0.242 e. The summed E-state index contributed by atoms with van der Waals surface area (Å²) in [5, 5.41) is 12.5. The van der Waals surface area contributed by atoms with E-state index in [2.05, 4.69) is 5.32 Å². The molecule has 1 heterocycles. The zero-order chi connectivity index (χ0) is 14.9. The standard InChI is InChI=1S/C15H21FN2O2/c1-9-7-14(11(10(2)19)8-12(9)16)18-6-4-5-13(18)15(20)17-3/h7-8,10,13,19H,4-6H2,1-3H3,(H,17,20). The lowest BCUT2D eigenvalue weighted by molar-refractivity contribution is -0.121. The summed E-state index contributed by atoms with van der Waals surface area (Å²) in [5.41, 5.74) is 1.81. The number of benzene rings is 1. The molecule has 1 fully saturated rings. The van der Waals surface area contributed by atoms with Crippen LogP contribution in [0.25, 0.3) is 0 Å². The number of amides is 1. The fourth-order valence-corrected chi connectivity index (χ4v) is 2.76. The molecular weight excluding hydrogens is 259 g/mol. The predicted octanol–water partition coefficient (Wildman–Crippen LogP) is 1.90. The molecule has 0 bridgehead atoms. The van der Waals surface area contributed by atoms with Crippen LogP contribution in [0.3, 0.4) is 0 Å². The Labute approximate surface area is 118 Å². The third-order valence-electron chi connectivity index (χ3n) is 3.87. The predicted molar refractivity (Wildman–Crippen MR) is 76.2 cm³/mol. The van der Waals surface area contributed by atoms with E-state index < -0.39 is 6.10 Å². The van der Waals surface area contributed by atoms with Gasteiger partial charge in [-0.3, -0.25) is 4.79 Å². The van der Waals surface area contributed by atoms with Crippen LogP contribution in [0.5, 0.6) is 0 Å². The minimum atomic E-state index is -0.772. The van der Waals surface area contributed by atoms with Gasteiger partial charge in [0, 0.05) is 24.8 Å². The molecule has 1 aliphatic heterocycles. The molecular formula is C15H21FN2O2. The largest absolute Gasteiger partial charge is 0.389 e. The van der Waals surface area contributed by atoms with Gasteiger partial charge >= 0.3 is 0 Å². The fraction of sp³-hybridized carbons (Fsp3) is 0.533. The third kappa shape index (κ3) is 2.63. The quantitative estimate of drug-likeness (QED) is 0.889. The monoisotopic (exact) mass is 280 g/mol. The molecule has 2 atom stereocenters. The van der Waals surface area contributed by atoms with E-state index in [1.165, 1.54) is 6.07 Å². The summed E-state index contributed by atoms with van der Waals surface area (Å²) in [4.78, 5) is 13.9. The zero-order valence-electron chi connectivity index (χ0n) is 12.1. The summed E-state index contributed by atoms with van der Waals surface area (Å²) in [6.45, 7) is 4.04. The molecule has 1 saturated heterocycles. The molecule has 1 amide bonds. The normalized spacial score (nSPS) is 20.1. The van der Waals surface area contributed by atoms with Gasteiger partial charge in [0.05, 0.1) is 6.10 Å². The van der Waals surface area contributed by atoms with Crippen molar-refractivity contribution in [3.8, 4) is 0 Å². The van der Waals surface area contributed by atoms with Crippen molar-refractivity contribution in [3.63, 3.8) is 0 Å². The van der Waals surface area contributed by atoms with Crippen molar-refractivity contribution < 1.29 is 14.3 Å². The molecule has 0 spiro atoms. The summed E-state index contributed by atoms with van der Waals surface area (Å²) in [6.07, 6.45) is 0.911. The van der Waals surface area contributed by atoms with E-state index in [-0.39, 0.29) is 17.8 Å². The van der Waals surface area contributed by atoms with Gasteiger partial charge in [0.1, 0.15) is 11.9 Å². The number of aliphatic hydroxyl groups is 1. The molecule has 0 saturated carbocycles. The van der Waals surface area contributed by atoms with Crippen LogP contribution in [-0.4, -0.2) is 30.6 Å². The molecule has 5 heteroatoms. The van der Waals surface area contributed by atoms with Gasteiger partial charge in [-0.1, -0.05) is 0 Å². The van der Waals surface area contributed by atoms with Gasteiger partial charge in [-0.15, -0.1) is 0 Å². The number of nitrogens with one attached hydrogen (secondary N) is 1. The third-order valence-corrected chi connectivity index (χ3v) is 3.87. The van der Waals surface area contributed by atoms with Crippen LogP contribution < -0.4 is 10.2 Å². The van der Waals surface area contributed by atoms with Crippen LogP contribution in [0.2, 0.25) is 0 Å². The van der Waals surface area contributed by atoms with E-state index >= 15 is 0 Å². The minimum Gasteiger partial charge on any atom is -0.389 e. The number of likely N-dealkylation sites (N-methyl/N-ethyl adjacent to an activating group) is 1. The summed E-state index contributed by atoms with van der Waals surface area (Å²) in [6, 6.07) is 2.84. The van der Waals surface area contributed by atoms with E-state index in [0.29, 0.717) is 11.1 Å². The van der Waals surface area contributed by atoms with Gasteiger partial charge in [0.15, 0.2) is 0 Å². The highest BCUT2D eigenvalue weighted by atomic mass is 19.1. The molecule has 1 aromatic carbocycles. The Morgan fingerprint density at radius 3 is 2.85 bits per heavy atom. The molecule has 2 rings (SSSR count). The molecule has 1 aliphatic rings. The highest BCUT2D eigenvalue weighted by Gasteiger charge is 2.32. The van der Waals surface area contributed by atoms with Gasteiger partial charge in [0.2, 0.25) is 5.91 Å². The van der Waals surface area contributed by atoms with E-state index in [4.69, 9.17) is 0 Å². The summed E-state index contributed by atoms with van der Waals surface area (Å²) < 4.78 is 13.7. The number of anilines is 1. The first-order chi connectivity index (χ1) is 9.45. The maximum atomic E-state index is 13.7. The number of hydrogen-bond acceptors (Lipinski definition) is 3. The highest BCUT2D eigenvalue weighted by molar-refractivity contribution is 5.86. The number of carbonyl (C=O) groups excluding carboxylic acids is 1. The fourth-order valence-electron chi connectivity index (χ4n) is 2.76. The Bertz CT molecular complexity index is 517. The molecule has 110 valence electrons. The molecule has 2 N–H and O–H groups in total. The Morgan fingerprint density at radius 2 is 2.25 bits per heavy atom. The van der Waals surface area contributed by atoms with Crippen LogP contribution in [0.15, 0.2) is 12.1 Å². The second kappa shape index (κ2) is 5.79. The number of carbonyl (C=O) groups is 1. The van der Waals surface area contributed by atoms with Crippen LogP contribution in [0.4, 0.5) is 10.1 Å². The summed E-state index contributed by atoms with van der Waals surface area (Å²) in [5.74, 6) is -0.374. The van der Waals surface area contributed by atoms with Crippen LogP contribution in [-0.2, 0) is 4.79 Å². The van der Waals surface area contributed by atoms with Gasteiger partial charge in [-0.05, 0) is 44.4 Å². The highest BCUT2D eigenvalue weighted by Crippen LogP contribution is 2.34. The minimum absolute atomic E-state index is 0.0407. The Hall–Kier alpha value is -1.62. The van der Waals surface area contributed by atoms with Crippen molar-refractivity contribution in [2.75, 3.05) is 18.5 Å². The molecule has 20 heavy (non-hydrogen) atoms. The van der Waals surface area contributed by atoms with Crippen molar-refractivity contribution in [2.45, 2.75) is 38.8 Å². The number of hydrogen-bond donors (Lipinski definition) is 2. The van der Waals surface area contributed by atoms with Crippen molar-refractivity contribution in [1.29, 1.82) is 0 Å². The Balaban J connectivity index is 2.45. The van der Waals surface area contributed by atoms with Crippen LogP contribution in [0, 0.1) is 12.7 Å². The number of aryl methyl sites for hydroxylation is 1. The van der Waals surface area contributed by atoms with E-state index in [1.807, 2.05) is 4.90 Å². The van der Waals surface area contributed by atoms with Gasteiger partial charge in [0.25, 0.3) is 0 Å².